The Morgan fingerprint density at radius 3 is 1.08 bits per heavy atom. The second-order valence-corrected chi connectivity index (χ2v) is 19.2. The summed E-state index contributed by atoms with van der Waals surface area (Å²) in [6.07, 6.45) is 5.40. The van der Waals surface area contributed by atoms with Crippen LogP contribution in [0.5, 0.6) is 0 Å². The number of carbonyl (C=O) groups excluding carboxylic acids is 8. The number of alkyl carbamates (subject to hydrolysis) is 2. The van der Waals surface area contributed by atoms with Crippen molar-refractivity contribution in [2.24, 2.45) is 23.7 Å². The van der Waals surface area contributed by atoms with E-state index in [-0.39, 0.29) is 46.6 Å². The number of rotatable bonds is 8. The zero-order valence-corrected chi connectivity index (χ0v) is 38.2. The highest BCUT2D eigenvalue weighted by Gasteiger charge is 2.34. The van der Waals surface area contributed by atoms with Crippen LogP contribution in [0.25, 0.3) is 0 Å². The normalized spacial score (nSPS) is 21.5. The second kappa shape index (κ2) is 22.1. The molecule has 0 unspecified atom stereocenters. The molecule has 0 radical (unpaired) electrons. The molecule has 2 aliphatic heterocycles. The summed E-state index contributed by atoms with van der Waals surface area (Å²) in [4.78, 5) is 108. The molecule has 0 spiro atoms. The van der Waals surface area contributed by atoms with E-state index in [2.05, 4.69) is 34.3 Å². The minimum absolute atomic E-state index is 0.0774. The van der Waals surface area contributed by atoms with E-state index in [1.54, 1.807) is 9.80 Å². The molecule has 4 fully saturated rings. The highest BCUT2D eigenvalue weighted by molar-refractivity contribution is 6.15. The van der Waals surface area contributed by atoms with Gasteiger partial charge in [-0.05, 0) is 141 Å². The van der Waals surface area contributed by atoms with Gasteiger partial charge in [0.05, 0.1) is 0 Å². The number of carbonyl (C=O) groups is 8. The molecule has 2 heterocycles. The second-order valence-electron chi connectivity index (χ2n) is 19.2. The van der Waals surface area contributed by atoms with Crippen molar-refractivity contribution in [3.8, 4) is 23.7 Å². The molecule has 64 heavy (non-hydrogen) atoms. The van der Waals surface area contributed by atoms with Gasteiger partial charge in [0, 0.05) is 100 Å². The van der Waals surface area contributed by atoms with Gasteiger partial charge < -0.3 is 39.7 Å². The van der Waals surface area contributed by atoms with Crippen LogP contribution in [0.4, 0.5) is 9.59 Å². The molecule has 2 N–H and O–H groups in total. The van der Waals surface area contributed by atoms with E-state index in [4.69, 9.17) is 9.47 Å². The number of hydrogen-bond donors (Lipinski definition) is 2. The zero-order valence-electron chi connectivity index (χ0n) is 38.2. The average molecular weight is 885 g/mol. The van der Waals surface area contributed by atoms with Crippen molar-refractivity contribution in [1.29, 1.82) is 0 Å². The third-order valence-electron chi connectivity index (χ3n) is 12.0. The zero-order chi connectivity index (χ0) is 46.6. The van der Waals surface area contributed by atoms with Crippen LogP contribution in [-0.2, 0) is 28.7 Å². The minimum atomic E-state index is -0.600. The maximum absolute atomic E-state index is 13.2. The lowest BCUT2D eigenvalue weighted by Crippen LogP contribution is -2.52. The summed E-state index contributed by atoms with van der Waals surface area (Å²) < 4.78 is 10.6. The number of ketones is 2. The first-order valence-electron chi connectivity index (χ1n) is 22.6. The predicted molar refractivity (Wildman–Crippen MR) is 236 cm³/mol. The molecule has 1 aromatic carbocycles. The Bertz CT molecular complexity index is 1870. The first-order valence-corrected chi connectivity index (χ1v) is 22.6. The van der Waals surface area contributed by atoms with Crippen molar-refractivity contribution in [1.82, 2.24) is 30.2 Å². The van der Waals surface area contributed by atoms with Gasteiger partial charge in [-0.2, -0.15) is 0 Å². The van der Waals surface area contributed by atoms with Gasteiger partial charge in [0.25, 0.3) is 11.8 Å². The van der Waals surface area contributed by atoms with Gasteiger partial charge in [0.2, 0.25) is 23.4 Å². The van der Waals surface area contributed by atoms with Crippen molar-refractivity contribution in [3.05, 3.63) is 35.4 Å². The number of nitrogens with one attached hydrogen (secondary N) is 2. The number of amides is 6. The number of ether oxygens (including phenoxy) is 2. The van der Waals surface area contributed by atoms with E-state index >= 15 is 0 Å². The molecular weight excluding hydrogens is 821 g/mol. The fourth-order valence-electron chi connectivity index (χ4n) is 8.38. The Balaban J connectivity index is 0.976. The van der Waals surface area contributed by atoms with Gasteiger partial charge in [-0.15, -0.1) is 0 Å². The summed E-state index contributed by atoms with van der Waals surface area (Å²) in [5, 5.41) is 5.66. The lowest BCUT2D eigenvalue weighted by molar-refractivity contribution is -0.141. The number of nitrogens with zero attached hydrogens (tertiary/aromatic N) is 4. The summed E-state index contributed by atoms with van der Waals surface area (Å²) in [5.41, 5.74) is -0.754. The molecular formula is C48H64N6O10. The Kier molecular flexibility index (Phi) is 17.0. The fourth-order valence-corrected chi connectivity index (χ4v) is 8.38. The summed E-state index contributed by atoms with van der Waals surface area (Å²) in [6, 6.07) is 5.66. The van der Waals surface area contributed by atoms with E-state index in [1.165, 1.54) is 34.1 Å². The van der Waals surface area contributed by atoms with E-state index in [1.807, 2.05) is 41.5 Å². The third kappa shape index (κ3) is 15.1. The summed E-state index contributed by atoms with van der Waals surface area (Å²) in [7, 11) is 0. The lowest BCUT2D eigenvalue weighted by Gasteiger charge is -2.37. The molecule has 16 nitrogen and oxygen atoms in total. The molecule has 1 aromatic rings. The molecule has 2 saturated heterocycles. The molecule has 0 atom stereocenters. The van der Waals surface area contributed by atoms with Gasteiger partial charge in [-0.25, -0.2) is 9.59 Å². The van der Waals surface area contributed by atoms with Crippen LogP contribution in [-0.4, -0.2) is 144 Å². The Hall–Kier alpha value is -5.90. The lowest BCUT2D eigenvalue weighted by atomic mass is 9.81. The number of Topliss-reactive ketones (excluding diaryl/α,β-unsaturated/α-hetero) is 2. The summed E-state index contributed by atoms with van der Waals surface area (Å²) in [6.45, 7) is 14.7. The highest BCUT2D eigenvalue weighted by Crippen LogP contribution is 2.31. The maximum atomic E-state index is 13.2. The molecule has 2 saturated carbocycles. The first-order chi connectivity index (χ1) is 30.2. The summed E-state index contributed by atoms with van der Waals surface area (Å²) in [5.74, 6) is 7.92. The molecule has 0 bridgehead atoms. The van der Waals surface area contributed by atoms with Gasteiger partial charge in [0.15, 0.2) is 0 Å². The van der Waals surface area contributed by atoms with Crippen molar-refractivity contribution in [2.75, 3.05) is 65.4 Å². The van der Waals surface area contributed by atoms with Crippen LogP contribution in [0, 0.1) is 47.4 Å². The highest BCUT2D eigenvalue weighted by atomic mass is 16.6. The van der Waals surface area contributed by atoms with Crippen LogP contribution in [0.2, 0.25) is 0 Å². The van der Waals surface area contributed by atoms with Crippen molar-refractivity contribution >= 4 is 47.4 Å². The Morgan fingerprint density at radius 2 is 0.781 bits per heavy atom. The van der Waals surface area contributed by atoms with Crippen LogP contribution in [0.15, 0.2) is 24.3 Å². The fraction of sp³-hybridized carbons (Fsp3) is 0.625. The number of benzene rings is 1. The SMILES string of the molecule is CC(C)(C)OC(=O)NCC1CCC(C(=O)N2CCN(C(=O)C#CC(=O)c3ccc(C(=O)C#CC(=O)N4CCN(C(=O)C5CCC(CNC(=O)OC(C)(C)C)CC5)CC4)cc3)CC2)CC1. The molecule has 2 aliphatic carbocycles. The standard InChI is InChI=1S/C48H64N6O10/c1-47(2,3)63-45(61)49-31-33-7-11-37(12-8-33)43(59)53-27-23-51(24-28-53)41(57)21-19-39(55)35-15-17-36(18-16-35)40(56)20-22-42(58)52-25-29-54(30-26-52)44(60)38-13-9-34(10-14-38)32-50-46(62)64-48(4,5)6/h15-18,33-34,37-38H,7-14,23-32H2,1-6H3,(H,49,61)(H,50,62). The van der Waals surface area contributed by atoms with Gasteiger partial charge in [-0.1, -0.05) is 0 Å². The van der Waals surface area contributed by atoms with E-state index in [0.717, 1.165) is 51.4 Å². The molecule has 346 valence electrons. The van der Waals surface area contributed by atoms with E-state index < -0.39 is 46.8 Å². The van der Waals surface area contributed by atoms with Crippen molar-refractivity contribution < 1.29 is 47.8 Å². The smallest absolute Gasteiger partial charge is 0.407 e. The largest absolute Gasteiger partial charge is 0.444 e. The molecule has 4 aliphatic rings. The monoisotopic (exact) mass is 884 g/mol. The van der Waals surface area contributed by atoms with Gasteiger partial charge >= 0.3 is 12.2 Å². The van der Waals surface area contributed by atoms with Crippen LogP contribution in [0.3, 0.4) is 0 Å². The Morgan fingerprint density at radius 1 is 0.484 bits per heavy atom. The molecule has 0 aromatic heterocycles. The van der Waals surface area contributed by atoms with Gasteiger partial charge in [-0.3, -0.25) is 28.8 Å². The minimum Gasteiger partial charge on any atom is -0.444 e. The Labute approximate surface area is 376 Å². The first kappa shape index (κ1) is 49.1. The summed E-state index contributed by atoms with van der Waals surface area (Å²) >= 11 is 0. The van der Waals surface area contributed by atoms with Crippen molar-refractivity contribution in [3.63, 3.8) is 0 Å². The predicted octanol–water partition coefficient (Wildman–Crippen LogP) is 4.06. The van der Waals surface area contributed by atoms with Crippen LogP contribution < -0.4 is 10.6 Å². The molecule has 5 rings (SSSR count). The van der Waals surface area contributed by atoms with E-state index in [9.17, 15) is 38.4 Å². The topological polar surface area (TPSA) is 192 Å². The van der Waals surface area contributed by atoms with E-state index in [0.29, 0.717) is 65.4 Å². The number of hydrogen-bond acceptors (Lipinski definition) is 10. The quantitative estimate of drug-likeness (QED) is 0.219. The van der Waals surface area contributed by atoms with Gasteiger partial charge in [0.1, 0.15) is 11.2 Å². The number of piperazine rings is 2. The third-order valence-corrected chi connectivity index (χ3v) is 12.0. The average Bonchev–Trinajstić information content (AvgIpc) is 3.27. The van der Waals surface area contributed by atoms with Crippen molar-refractivity contribution in [2.45, 2.75) is 104 Å². The maximum Gasteiger partial charge on any atom is 0.407 e. The van der Waals surface area contributed by atoms with Crippen LogP contribution >= 0.6 is 0 Å². The molecule has 16 heteroatoms. The van der Waals surface area contributed by atoms with Crippen LogP contribution in [0.1, 0.15) is 114 Å². The molecule has 6 amide bonds.